The SMILES string of the molecule is COc1cc(C2C(C(=O)Nc3ccccc3)=C(C)Nc3nc(SCc4ccccc4Cl)nn32)ccc1OCc1c(Cl)cccc1Cl. The molecule has 2 N–H and O–H groups in total. The first-order valence-electron chi connectivity index (χ1n) is 14.2. The number of carbonyl (C=O) groups is 1. The Bertz CT molecular complexity index is 1910. The van der Waals surface area contributed by atoms with Gasteiger partial charge in [-0.1, -0.05) is 95.1 Å². The molecule has 2 heterocycles. The van der Waals surface area contributed by atoms with Crippen LogP contribution >= 0.6 is 46.6 Å². The summed E-state index contributed by atoms with van der Waals surface area (Å²) in [5, 5.41) is 13.4. The molecule has 1 amide bonds. The Labute approximate surface area is 285 Å². The van der Waals surface area contributed by atoms with Gasteiger partial charge < -0.3 is 20.1 Å². The lowest BCUT2D eigenvalue weighted by atomic mass is 9.94. The zero-order valence-corrected chi connectivity index (χ0v) is 27.8. The monoisotopic (exact) mass is 691 g/mol. The summed E-state index contributed by atoms with van der Waals surface area (Å²) in [7, 11) is 1.56. The maximum atomic E-state index is 13.9. The molecule has 1 atom stereocenters. The fourth-order valence-corrected chi connectivity index (χ4v) is 6.69. The molecule has 0 fully saturated rings. The molecule has 4 aromatic carbocycles. The summed E-state index contributed by atoms with van der Waals surface area (Å²) < 4.78 is 13.6. The predicted molar refractivity (Wildman–Crippen MR) is 184 cm³/mol. The van der Waals surface area contributed by atoms with Gasteiger partial charge in [0.05, 0.1) is 12.7 Å². The van der Waals surface area contributed by atoms with Crippen LogP contribution in [0.15, 0.2) is 107 Å². The van der Waals surface area contributed by atoms with Crippen molar-refractivity contribution in [3.05, 3.63) is 134 Å². The van der Waals surface area contributed by atoms with Crippen molar-refractivity contribution in [1.82, 2.24) is 14.8 Å². The maximum absolute atomic E-state index is 13.9. The number of anilines is 2. The van der Waals surface area contributed by atoms with Crippen molar-refractivity contribution in [2.24, 2.45) is 0 Å². The van der Waals surface area contributed by atoms with E-state index in [1.54, 1.807) is 36.1 Å². The molecule has 12 heteroatoms. The van der Waals surface area contributed by atoms with Crippen molar-refractivity contribution in [3.63, 3.8) is 0 Å². The second-order valence-electron chi connectivity index (χ2n) is 10.3. The van der Waals surface area contributed by atoms with Crippen LogP contribution in [0.3, 0.4) is 0 Å². The quantitative estimate of drug-likeness (QED) is 0.141. The Kier molecular flexibility index (Phi) is 9.75. The Morgan fingerprint density at radius 1 is 0.935 bits per heavy atom. The first-order valence-corrected chi connectivity index (χ1v) is 16.3. The number of carbonyl (C=O) groups excluding carboxylic acids is 1. The van der Waals surface area contributed by atoms with E-state index in [0.29, 0.717) is 65.9 Å². The third-order valence-corrected chi connectivity index (χ3v) is 9.32. The molecule has 0 bridgehead atoms. The van der Waals surface area contributed by atoms with Gasteiger partial charge in [-0.05, 0) is 60.5 Å². The van der Waals surface area contributed by atoms with Crippen molar-refractivity contribution >= 4 is 64.1 Å². The highest BCUT2D eigenvalue weighted by Gasteiger charge is 2.35. The normalized spacial score (nSPS) is 14.0. The molecule has 0 spiro atoms. The number of nitrogens with one attached hydrogen (secondary N) is 2. The number of ether oxygens (including phenoxy) is 2. The van der Waals surface area contributed by atoms with E-state index >= 15 is 0 Å². The molecule has 1 unspecified atom stereocenters. The van der Waals surface area contributed by atoms with E-state index in [1.165, 1.54) is 11.8 Å². The molecule has 8 nitrogen and oxygen atoms in total. The molecule has 234 valence electrons. The fourth-order valence-electron chi connectivity index (χ4n) is 5.07. The highest BCUT2D eigenvalue weighted by molar-refractivity contribution is 7.98. The summed E-state index contributed by atoms with van der Waals surface area (Å²) in [6, 6.07) is 27.2. The van der Waals surface area contributed by atoms with Crippen LogP contribution in [-0.4, -0.2) is 27.8 Å². The highest BCUT2D eigenvalue weighted by Crippen LogP contribution is 2.40. The largest absolute Gasteiger partial charge is 0.493 e. The maximum Gasteiger partial charge on any atom is 0.255 e. The van der Waals surface area contributed by atoms with Crippen LogP contribution in [0.4, 0.5) is 11.6 Å². The topological polar surface area (TPSA) is 90.3 Å². The van der Waals surface area contributed by atoms with E-state index in [2.05, 4.69) is 10.6 Å². The van der Waals surface area contributed by atoms with Crippen LogP contribution in [0.5, 0.6) is 11.5 Å². The van der Waals surface area contributed by atoms with E-state index in [1.807, 2.05) is 73.7 Å². The average Bonchev–Trinajstić information content (AvgIpc) is 3.46. The third kappa shape index (κ3) is 6.83. The second-order valence-corrected chi connectivity index (χ2v) is 12.5. The molecule has 46 heavy (non-hydrogen) atoms. The van der Waals surface area contributed by atoms with Crippen LogP contribution in [0.25, 0.3) is 0 Å². The van der Waals surface area contributed by atoms with Crippen LogP contribution < -0.4 is 20.1 Å². The molecule has 1 aliphatic heterocycles. The van der Waals surface area contributed by atoms with Gasteiger partial charge in [-0.25, -0.2) is 4.68 Å². The van der Waals surface area contributed by atoms with Gasteiger partial charge in [-0.15, -0.1) is 5.10 Å². The van der Waals surface area contributed by atoms with Crippen molar-refractivity contribution < 1.29 is 14.3 Å². The lowest BCUT2D eigenvalue weighted by Crippen LogP contribution is -2.31. The number of fused-ring (bicyclic) bond motifs is 1. The standard InChI is InChI=1S/C34H28Cl3N5O3S/c1-20-30(32(43)39-23-10-4-3-5-11-23)31(42-33(38-20)40-34(41-42)46-19-22-9-6-7-12-25(22)35)21-15-16-28(29(17-21)44-2)45-18-24-26(36)13-8-14-27(24)37/h3-17,31H,18-19H2,1-2H3,(H,39,43)(H,38,40,41). The number of hydrogen-bond donors (Lipinski definition) is 2. The number of rotatable bonds is 10. The number of methoxy groups -OCH3 is 1. The summed E-state index contributed by atoms with van der Waals surface area (Å²) in [4.78, 5) is 18.7. The number of hydrogen-bond acceptors (Lipinski definition) is 7. The molecule has 5 aromatic rings. The lowest BCUT2D eigenvalue weighted by molar-refractivity contribution is -0.113. The van der Waals surface area contributed by atoms with Gasteiger partial charge in [0.15, 0.2) is 11.5 Å². The van der Waals surface area contributed by atoms with E-state index in [9.17, 15) is 4.79 Å². The number of amides is 1. The summed E-state index contributed by atoms with van der Waals surface area (Å²) >= 11 is 20.6. The Morgan fingerprint density at radius 3 is 2.39 bits per heavy atom. The Balaban J connectivity index is 1.35. The van der Waals surface area contributed by atoms with E-state index < -0.39 is 6.04 Å². The van der Waals surface area contributed by atoms with Gasteiger partial charge in [0, 0.05) is 37.8 Å². The number of thioether (sulfide) groups is 1. The predicted octanol–water partition coefficient (Wildman–Crippen LogP) is 9.05. The number of aromatic nitrogens is 3. The van der Waals surface area contributed by atoms with Crippen molar-refractivity contribution in [1.29, 1.82) is 0 Å². The van der Waals surface area contributed by atoms with Crippen LogP contribution in [-0.2, 0) is 17.2 Å². The summed E-state index contributed by atoms with van der Waals surface area (Å²) in [5.41, 5.74) is 4.18. The Morgan fingerprint density at radius 2 is 1.65 bits per heavy atom. The minimum Gasteiger partial charge on any atom is -0.493 e. The Hall–Kier alpha value is -4.15. The van der Waals surface area contributed by atoms with Crippen LogP contribution in [0.2, 0.25) is 15.1 Å². The minimum absolute atomic E-state index is 0.143. The van der Waals surface area contributed by atoms with Crippen LogP contribution in [0.1, 0.15) is 29.7 Å². The number of halogens is 3. The fraction of sp³-hybridized carbons (Fsp3) is 0.147. The van der Waals surface area contributed by atoms with Gasteiger partial charge in [0.1, 0.15) is 12.6 Å². The summed E-state index contributed by atoms with van der Waals surface area (Å²) in [6.45, 7) is 1.99. The third-order valence-electron chi connectivity index (χ3n) is 7.36. The average molecular weight is 693 g/mol. The first kappa shape index (κ1) is 31.8. The molecular formula is C34H28Cl3N5O3S. The summed E-state index contributed by atoms with van der Waals surface area (Å²) in [6.07, 6.45) is 0. The number of allylic oxidation sites excluding steroid dienone is 1. The zero-order chi connectivity index (χ0) is 32.2. The van der Waals surface area contributed by atoms with E-state index in [0.717, 1.165) is 11.1 Å². The molecule has 6 rings (SSSR count). The van der Waals surface area contributed by atoms with Gasteiger partial charge in [0.2, 0.25) is 11.1 Å². The summed E-state index contributed by atoms with van der Waals surface area (Å²) in [5.74, 6) is 1.77. The number of benzene rings is 4. The number of para-hydroxylation sites is 1. The lowest BCUT2D eigenvalue weighted by Gasteiger charge is -2.29. The molecule has 1 aliphatic rings. The van der Waals surface area contributed by atoms with Crippen LogP contribution in [0, 0.1) is 0 Å². The van der Waals surface area contributed by atoms with Gasteiger partial charge in [-0.3, -0.25) is 4.79 Å². The highest BCUT2D eigenvalue weighted by atomic mass is 35.5. The molecule has 0 saturated heterocycles. The van der Waals surface area contributed by atoms with Gasteiger partial charge in [0.25, 0.3) is 5.91 Å². The minimum atomic E-state index is -0.636. The first-order chi connectivity index (χ1) is 22.3. The van der Waals surface area contributed by atoms with Crippen molar-refractivity contribution in [3.8, 4) is 11.5 Å². The molecule has 0 aliphatic carbocycles. The van der Waals surface area contributed by atoms with Gasteiger partial charge >= 0.3 is 0 Å². The number of nitrogens with zero attached hydrogens (tertiary/aromatic N) is 3. The smallest absolute Gasteiger partial charge is 0.255 e. The van der Waals surface area contributed by atoms with Crippen molar-refractivity contribution in [2.45, 2.75) is 30.5 Å². The van der Waals surface area contributed by atoms with Gasteiger partial charge in [-0.2, -0.15) is 4.98 Å². The second kappa shape index (κ2) is 14.1. The molecule has 1 aromatic heterocycles. The molecular weight excluding hydrogens is 665 g/mol. The zero-order valence-electron chi connectivity index (χ0n) is 24.8. The molecule has 0 radical (unpaired) electrons. The van der Waals surface area contributed by atoms with E-state index in [4.69, 9.17) is 54.4 Å². The molecule has 0 saturated carbocycles. The van der Waals surface area contributed by atoms with Crippen molar-refractivity contribution in [2.75, 3.05) is 17.7 Å². The van der Waals surface area contributed by atoms with E-state index in [-0.39, 0.29) is 12.5 Å².